The van der Waals surface area contributed by atoms with Gasteiger partial charge in [0.1, 0.15) is 0 Å². The molecule has 218 valence electrons. The zero-order valence-electron chi connectivity index (χ0n) is 25.6. The number of aromatic nitrogens is 1. The molecule has 10 rings (SSSR count). The summed E-state index contributed by atoms with van der Waals surface area (Å²) in [4.78, 5) is 4.95. The van der Waals surface area contributed by atoms with Crippen molar-refractivity contribution in [3.8, 4) is 5.69 Å². The molecule has 3 heterocycles. The molecule has 0 N–H and O–H groups in total. The molecule has 3 nitrogen and oxygen atoms in total. The minimum atomic E-state index is 0.127. The van der Waals surface area contributed by atoms with Crippen molar-refractivity contribution in [2.24, 2.45) is 0 Å². The van der Waals surface area contributed by atoms with E-state index in [1.165, 1.54) is 91.2 Å². The first-order chi connectivity index (χ1) is 22.9. The molecule has 6 aromatic carbocycles. The fraction of sp³-hybridized carbons (Fsp3) is 0.0952. The third kappa shape index (κ3) is 3.61. The number of hydrogen-bond acceptors (Lipinski definition) is 2. The van der Waals surface area contributed by atoms with Crippen molar-refractivity contribution in [3.05, 3.63) is 157 Å². The Kier molecular flexibility index (Phi) is 5.62. The van der Waals surface area contributed by atoms with Crippen LogP contribution < -0.4 is 26.2 Å². The second kappa shape index (κ2) is 10.0. The number of aryl methyl sites for hydroxylation is 1. The average molecular weight is 590 g/mol. The van der Waals surface area contributed by atoms with E-state index in [1.54, 1.807) is 0 Å². The SMILES string of the molecule is c1ccc(N2c3ccccc3B3c4ccc(-n5c6c(c7ccccc75)CCCC6)cc4N(c4ccccc4)c4cccc2c43)cc1. The lowest BCUT2D eigenvalue weighted by molar-refractivity contribution is 0.667. The van der Waals surface area contributed by atoms with Crippen molar-refractivity contribution in [2.45, 2.75) is 25.7 Å². The van der Waals surface area contributed by atoms with Gasteiger partial charge in [0, 0.05) is 50.9 Å². The highest BCUT2D eigenvalue weighted by Gasteiger charge is 2.43. The monoisotopic (exact) mass is 589 g/mol. The van der Waals surface area contributed by atoms with E-state index >= 15 is 0 Å². The molecular weight excluding hydrogens is 557 g/mol. The van der Waals surface area contributed by atoms with E-state index in [9.17, 15) is 0 Å². The van der Waals surface area contributed by atoms with Crippen LogP contribution in [0.1, 0.15) is 24.1 Å². The lowest BCUT2D eigenvalue weighted by Crippen LogP contribution is -2.61. The highest BCUT2D eigenvalue weighted by Crippen LogP contribution is 2.44. The normalized spacial score (nSPS) is 14.5. The van der Waals surface area contributed by atoms with Crippen molar-refractivity contribution < 1.29 is 0 Å². The Bertz CT molecular complexity index is 2290. The molecule has 0 saturated heterocycles. The molecule has 0 fully saturated rings. The van der Waals surface area contributed by atoms with Gasteiger partial charge in [0.25, 0.3) is 6.71 Å². The maximum Gasteiger partial charge on any atom is 0.252 e. The van der Waals surface area contributed by atoms with Crippen LogP contribution in [0.25, 0.3) is 16.6 Å². The van der Waals surface area contributed by atoms with Crippen LogP contribution in [0.2, 0.25) is 0 Å². The van der Waals surface area contributed by atoms with Gasteiger partial charge < -0.3 is 14.4 Å². The van der Waals surface area contributed by atoms with Crippen LogP contribution in [0, 0.1) is 0 Å². The maximum atomic E-state index is 2.56. The summed E-state index contributed by atoms with van der Waals surface area (Å²) >= 11 is 0. The minimum absolute atomic E-state index is 0.127. The summed E-state index contributed by atoms with van der Waals surface area (Å²) in [6.07, 6.45) is 4.81. The molecule has 46 heavy (non-hydrogen) atoms. The quantitative estimate of drug-likeness (QED) is 0.191. The molecule has 0 bridgehead atoms. The standard InChI is InChI=1S/C42H32BN3/c1-3-14-29(15-4-1)44-38-23-12-9-20-34(38)43-35-27-26-31(46-36-21-10-7-18-32(36)33-19-8-11-22-37(33)46)28-41(35)45(30-16-5-2-6-17-30)40-25-13-24-39(44)42(40)43/h1-7,9-10,12-18,20-21,23-28H,8,11,19,22H2. The van der Waals surface area contributed by atoms with Crippen molar-refractivity contribution >= 4 is 68.1 Å². The van der Waals surface area contributed by atoms with Gasteiger partial charge in [-0.05, 0) is 108 Å². The Morgan fingerprint density at radius 3 is 1.85 bits per heavy atom. The third-order valence-corrected chi connectivity index (χ3v) is 10.4. The number of anilines is 6. The Hall–Kier alpha value is -5.48. The number of benzene rings is 6. The highest BCUT2D eigenvalue weighted by atomic mass is 15.2. The van der Waals surface area contributed by atoms with E-state index in [2.05, 4.69) is 160 Å². The van der Waals surface area contributed by atoms with Crippen LogP contribution in [0.4, 0.5) is 34.1 Å². The molecule has 3 aliphatic rings. The van der Waals surface area contributed by atoms with Crippen molar-refractivity contribution in [1.29, 1.82) is 0 Å². The zero-order valence-corrected chi connectivity index (χ0v) is 25.6. The third-order valence-electron chi connectivity index (χ3n) is 10.4. The lowest BCUT2D eigenvalue weighted by Gasteiger charge is -2.44. The second-order valence-corrected chi connectivity index (χ2v) is 12.8. The van der Waals surface area contributed by atoms with Crippen LogP contribution >= 0.6 is 0 Å². The fourth-order valence-electron chi connectivity index (χ4n) is 8.51. The van der Waals surface area contributed by atoms with Crippen molar-refractivity contribution in [1.82, 2.24) is 4.57 Å². The summed E-state index contributed by atoms with van der Waals surface area (Å²) in [5.74, 6) is 0. The average Bonchev–Trinajstić information content (AvgIpc) is 3.46. The maximum absolute atomic E-state index is 2.56. The predicted molar refractivity (Wildman–Crippen MR) is 194 cm³/mol. The van der Waals surface area contributed by atoms with Crippen LogP contribution in [0.15, 0.2) is 146 Å². The molecule has 7 aromatic rings. The highest BCUT2D eigenvalue weighted by molar-refractivity contribution is 7.00. The smallest absolute Gasteiger partial charge is 0.252 e. The van der Waals surface area contributed by atoms with Gasteiger partial charge in [-0.15, -0.1) is 0 Å². The molecule has 1 aromatic heterocycles. The summed E-state index contributed by atoms with van der Waals surface area (Å²) < 4.78 is 2.56. The van der Waals surface area contributed by atoms with E-state index in [0.717, 1.165) is 12.8 Å². The molecule has 0 radical (unpaired) electrons. The second-order valence-electron chi connectivity index (χ2n) is 12.8. The van der Waals surface area contributed by atoms with Gasteiger partial charge in [0.15, 0.2) is 0 Å². The Morgan fingerprint density at radius 2 is 1.07 bits per heavy atom. The van der Waals surface area contributed by atoms with E-state index in [4.69, 9.17) is 0 Å². The summed E-state index contributed by atoms with van der Waals surface area (Å²) in [7, 11) is 0. The van der Waals surface area contributed by atoms with E-state index < -0.39 is 0 Å². The summed E-state index contributed by atoms with van der Waals surface area (Å²) in [6.45, 7) is 0.127. The molecule has 4 heteroatoms. The van der Waals surface area contributed by atoms with E-state index in [1.807, 2.05) is 0 Å². The first-order valence-corrected chi connectivity index (χ1v) is 16.5. The first-order valence-electron chi connectivity index (χ1n) is 16.5. The predicted octanol–water partition coefficient (Wildman–Crippen LogP) is 8.59. The summed E-state index contributed by atoms with van der Waals surface area (Å²) in [6, 6.07) is 53.8. The number of fused-ring (bicyclic) bond motifs is 7. The van der Waals surface area contributed by atoms with Crippen LogP contribution in [-0.2, 0) is 12.8 Å². The van der Waals surface area contributed by atoms with Gasteiger partial charge >= 0.3 is 0 Å². The van der Waals surface area contributed by atoms with Gasteiger partial charge in [0.2, 0.25) is 0 Å². The largest absolute Gasteiger partial charge is 0.313 e. The summed E-state index contributed by atoms with van der Waals surface area (Å²) in [5.41, 5.74) is 17.0. The van der Waals surface area contributed by atoms with Gasteiger partial charge in [-0.2, -0.15) is 0 Å². The Balaban J connectivity index is 1.26. The topological polar surface area (TPSA) is 11.4 Å². The number of para-hydroxylation sites is 4. The van der Waals surface area contributed by atoms with Crippen LogP contribution in [-0.4, -0.2) is 11.3 Å². The number of nitrogens with zero attached hydrogens (tertiary/aromatic N) is 3. The zero-order chi connectivity index (χ0) is 30.2. The lowest BCUT2D eigenvalue weighted by atomic mass is 9.33. The Labute approximate surface area is 270 Å². The molecule has 0 unspecified atom stereocenters. The molecule has 0 spiro atoms. The van der Waals surface area contributed by atoms with Crippen molar-refractivity contribution in [2.75, 3.05) is 9.80 Å². The molecule has 0 saturated carbocycles. The molecule has 0 amide bonds. The van der Waals surface area contributed by atoms with Gasteiger partial charge in [-0.3, -0.25) is 0 Å². The van der Waals surface area contributed by atoms with Crippen LogP contribution in [0.3, 0.4) is 0 Å². The number of hydrogen-bond donors (Lipinski definition) is 0. The molecule has 1 aliphatic carbocycles. The van der Waals surface area contributed by atoms with Crippen LogP contribution in [0.5, 0.6) is 0 Å². The van der Waals surface area contributed by atoms with Gasteiger partial charge in [0.05, 0.1) is 5.52 Å². The Morgan fingerprint density at radius 1 is 0.457 bits per heavy atom. The molecule has 0 atom stereocenters. The molecular formula is C42H32BN3. The first kappa shape index (κ1) is 25.8. The van der Waals surface area contributed by atoms with Gasteiger partial charge in [-0.25, -0.2) is 0 Å². The van der Waals surface area contributed by atoms with Crippen molar-refractivity contribution in [3.63, 3.8) is 0 Å². The van der Waals surface area contributed by atoms with E-state index in [0.29, 0.717) is 0 Å². The molecule has 2 aliphatic heterocycles. The van der Waals surface area contributed by atoms with Gasteiger partial charge in [-0.1, -0.05) is 84.9 Å². The summed E-state index contributed by atoms with van der Waals surface area (Å²) in [5, 5.41) is 1.41. The fourth-order valence-corrected chi connectivity index (χ4v) is 8.51. The van der Waals surface area contributed by atoms with E-state index in [-0.39, 0.29) is 6.71 Å². The number of rotatable bonds is 3. The minimum Gasteiger partial charge on any atom is -0.313 e.